The highest BCUT2D eigenvalue weighted by atomic mass is 32.2. The van der Waals surface area contributed by atoms with Crippen LogP contribution in [0.15, 0.2) is 90.0 Å². The highest BCUT2D eigenvalue weighted by Gasteiger charge is 2.13. The number of methoxy groups -OCH3 is 1. The molecule has 3 N–H and O–H groups in total. The fourth-order valence-electron chi connectivity index (χ4n) is 3.95. The van der Waals surface area contributed by atoms with Crippen molar-refractivity contribution in [3.63, 3.8) is 0 Å². The van der Waals surface area contributed by atoms with E-state index in [0.29, 0.717) is 40.0 Å². The van der Waals surface area contributed by atoms with Crippen LogP contribution in [0.1, 0.15) is 15.9 Å². The summed E-state index contributed by atoms with van der Waals surface area (Å²) in [5.74, 6) is 0.230. The zero-order valence-corrected chi connectivity index (χ0v) is 22.0. The lowest BCUT2D eigenvalue weighted by Gasteiger charge is -2.10. The Labute approximate surface area is 224 Å². The molecule has 0 saturated heterocycles. The number of rotatable bonds is 8. The molecule has 0 aliphatic rings. The summed E-state index contributed by atoms with van der Waals surface area (Å²) in [5, 5.41) is 10.5. The van der Waals surface area contributed by atoms with Crippen molar-refractivity contribution in [2.24, 2.45) is 0 Å². The largest absolute Gasteiger partial charge is 0.495 e. The maximum Gasteiger partial charge on any atom is 0.251 e. The van der Waals surface area contributed by atoms with E-state index in [9.17, 15) is 13.4 Å². The molecule has 39 heavy (non-hydrogen) atoms. The number of aromatic nitrogens is 3. The topological polar surface area (TPSA) is 121 Å². The minimum Gasteiger partial charge on any atom is -0.495 e. The summed E-state index contributed by atoms with van der Waals surface area (Å²) >= 11 is 0. The lowest BCUT2D eigenvalue weighted by atomic mass is 10.1. The second-order valence-corrected chi connectivity index (χ2v) is 11.0. The van der Waals surface area contributed by atoms with Gasteiger partial charge in [0.15, 0.2) is 5.65 Å². The summed E-state index contributed by atoms with van der Waals surface area (Å²) in [6.45, 7) is 0.305. The van der Waals surface area contributed by atoms with E-state index >= 15 is 0 Å². The van der Waals surface area contributed by atoms with E-state index in [1.54, 1.807) is 47.0 Å². The first-order valence-electron chi connectivity index (χ1n) is 11.9. The molecule has 0 radical (unpaired) electrons. The van der Waals surface area contributed by atoms with Gasteiger partial charge in [0.1, 0.15) is 11.6 Å². The molecule has 2 aromatic heterocycles. The molecule has 1 atom stereocenters. The minimum absolute atomic E-state index is 0.221. The number of hydrogen-bond acceptors (Lipinski definition) is 7. The molecule has 2 heterocycles. The number of fused-ring (bicyclic) bond motifs is 1. The van der Waals surface area contributed by atoms with Gasteiger partial charge in [-0.2, -0.15) is 4.98 Å². The number of nitrogens with zero attached hydrogens (tertiary/aromatic N) is 3. The number of amides is 1. The van der Waals surface area contributed by atoms with Crippen LogP contribution in [0.5, 0.6) is 5.75 Å². The summed E-state index contributed by atoms with van der Waals surface area (Å²) < 4.78 is 40.0. The number of pyridine rings is 1. The van der Waals surface area contributed by atoms with E-state index in [1.165, 1.54) is 25.5 Å². The van der Waals surface area contributed by atoms with E-state index in [4.69, 9.17) is 9.52 Å². The van der Waals surface area contributed by atoms with Crippen molar-refractivity contribution in [3.05, 3.63) is 102 Å². The zero-order valence-electron chi connectivity index (χ0n) is 21.1. The molecule has 5 rings (SSSR count). The van der Waals surface area contributed by atoms with Crippen LogP contribution in [-0.4, -0.2) is 38.1 Å². The fourth-order valence-corrected chi connectivity index (χ4v) is 4.60. The number of halogens is 1. The van der Waals surface area contributed by atoms with Crippen LogP contribution in [-0.2, 0) is 16.3 Å². The Morgan fingerprint density at radius 2 is 1.74 bits per heavy atom. The molecule has 0 spiro atoms. The molecule has 1 unspecified atom stereocenters. The van der Waals surface area contributed by atoms with Gasteiger partial charge in [-0.15, -0.1) is 5.10 Å². The third-order valence-electron chi connectivity index (χ3n) is 6.05. The highest BCUT2D eigenvalue weighted by molar-refractivity contribution is 7.91. The van der Waals surface area contributed by atoms with Gasteiger partial charge >= 0.3 is 0 Å². The maximum atomic E-state index is 13.1. The average Bonchev–Trinajstić information content (AvgIpc) is 3.34. The Balaban J connectivity index is 1.30. The second kappa shape index (κ2) is 10.5. The molecule has 1 amide bonds. The van der Waals surface area contributed by atoms with Crippen LogP contribution >= 0.6 is 0 Å². The van der Waals surface area contributed by atoms with Crippen molar-refractivity contribution in [2.75, 3.05) is 18.7 Å². The molecular formula is C28H25FN6O3S. The predicted octanol–water partition coefficient (Wildman–Crippen LogP) is 5.25. The molecule has 0 saturated carbocycles. The lowest BCUT2D eigenvalue weighted by molar-refractivity contribution is 0.0951. The molecule has 0 aliphatic carbocycles. The van der Waals surface area contributed by atoms with Gasteiger partial charge in [-0.25, -0.2) is 17.9 Å². The van der Waals surface area contributed by atoms with Crippen LogP contribution < -0.4 is 15.4 Å². The molecule has 0 fully saturated rings. The van der Waals surface area contributed by atoms with Gasteiger partial charge in [0, 0.05) is 30.1 Å². The molecule has 198 valence electrons. The summed E-state index contributed by atoms with van der Waals surface area (Å²) in [6.07, 6.45) is 3.19. The molecule has 0 aliphatic heterocycles. The van der Waals surface area contributed by atoms with Crippen molar-refractivity contribution in [1.82, 2.24) is 19.9 Å². The summed E-state index contributed by atoms with van der Waals surface area (Å²) in [7, 11) is -1.38. The first-order chi connectivity index (χ1) is 18.7. The number of nitrogens with one attached hydrogen (secondary N) is 3. The number of hydrogen-bond donors (Lipinski definition) is 3. The highest BCUT2D eigenvalue weighted by Crippen LogP contribution is 2.30. The van der Waals surface area contributed by atoms with Crippen molar-refractivity contribution in [1.29, 1.82) is 4.78 Å². The first-order valence-corrected chi connectivity index (χ1v) is 13.8. The Hall–Kier alpha value is -4.77. The van der Waals surface area contributed by atoms with E-state index in [0.717, 1.165) is 16.7 Å². The lowest BCUT2D eigenvalue weighted by Crippen LogP contribution is -2.22. The molecular weight excluding hydrogens is 519 g/mol. The second-order valence-electron chi connectivity index (χ2n) is 8.87. The van der Waals surface area contributed by atoms with E-state index in [-0.39, 0.29) is 11.7 Å². The van der Waals surface area contributed by atoms with Gasteiger partial charge in [0.05, 0.1) is 27.4 Å². The predicted molar refractivity (Wildman–Crippen MR) is 147 cm³/mol. The summed E-state index contributed by atoms with van der Waals surface area (Å²) in [6, 6.07) is 21.8. The first kappa shape index (κ1) is 25.9. The van der Waals surface area contributed by atoms with Gasteiger partial charge in [0.2, 0.25) is 5.95 Å². The van der Waals surface area contributed by atoms with Crippen LogP contribution in [0.2, 0.25) is 0 Å². The third-order valence-corrected chi connectivity index (χ3v) is 7.20. The van der Waals surface area contributed by atoms with Gasteiger partial charge < -0.3 is 15.4 Å². The van der Waals surface area contributed by atoms with E-state index < -0.39 is 9.73 Å². The van der Waals surface area contributed by atoms with Gasteiger partial charge in [-0.1, -0.05) is 24.3 Å². The van der Waals surface area contributed by atoms with Crippen molar-refractivity contribution >= 4 is 32.9 Å². The van der Waals surface area contributed by atoms with Gasteiger partial charge in [-0.3, -0.25) is 4.79 Å². The van der Waals surface area contributed by atoms with Crippen LogP contribution in [0.4, 0.5) is 16.0 Å². The Kier molecular flexibility index (Phi) is 6.99. The summed E-state index contributed by atoms with van der Waals surface area (Å²) in [4.78, 5) is 17.4. The number of anilines is 2. The molecule has 11 heteroatoms. The van der Waals surface area contributed by atoms with Gasteiger partial charge in [-0.05, 0) is 65.7 Å². The number of carbonyl (C=O) groups is 1. The van der Waals surface area contributed by atoms with Gasteiger partial charge in [0.25, 0.3) is 5.91 Å². The maximum absolute atomic E-state index is 13.1. The molecule has 3 aromatic carbocycles. The van der Waals surface area contributed by atoms with E-state index in [1.807, 2.05) is 30.5 Å². The van der Waals surface area contributed by atoms with Crippen molar-refractivity contribution < 1.29 is 18.1 Å². The van der Waals surface area contributed by atoms with Crippen LogP contribution in [0.25, 0.3) is 16.8 Å². The quantitative estimate of drug-likeness (QED) is 0.245. The van der Waals surface area contributed by atoms with Crippen molar-refractivity contribution in [3.8, 4) is 16.9 Å². The molecule has 5 aromatic rings. The third kappa shape index (κ3) is 5.88. The fraction of sp³-hybridized carbons (Fsp3) is 0.107. The Morgan fingerprint density at radius 1 is 1.03 bits per heavy atom. The van der Waals surface area contributed by atoms with Crippen LogP contribution in [0, 0.1) is 10.6 Å². The monoisotopic (exact) mass is 544 g/mol. The van der Waals surface area contributed by atoms with Crippen LogP contribution in [0.3, 0.4) is 0 Å². The molecule has 9 nitrogen and oxygen atoms in total. The van der Waals surface area contributed by atoms with Crippen molar-refractivity contribution in [2.45, 2.75) is 11.4 Å². The minimum atomic E-state index is -2.88. The number of benzene rings is 3. The number of ether oxygens (including phenoxy) is 1. The Bertz CT molecular complexity index is 1770. The number of carbonyl (C=O) groups excluding carboxylic acids is 1. The van der Waals surface area contributed by atoms with E-state index in [2.05, 4.69) is 20.7 Å². The standard InChI is InChI=1S/C28H25FN6O3S/c1-38-25-15-23(39(2,30)37)12-13-24(25)32-28-33-26-14-9-21(17-35(26)34-28)19-5-7-20(8-6-19)27(36)31-16-18-3-10-22(29)11-4-18/h3-15,17,30H,16H2,1-2H3,(H,31,36)(H,32,34). The zero-order chi connectivity index (χ0) is 27.6. The normalized spacial score (nSPS) is 12.6. The smallest absolute Gasteiger partial charge is 0.251 e. The molecule has 0 bridgehead atoms. The Morgan fingerprint density at radius 3 is 2.44 bits per heavy atom. The summed E-state index contributed by atoms with van der Waals surface area (Å²) in [5.41, 5.74) is 4.30. The average molecular weight is 545 g/mol. The SMILES string of the molecule is COc1cc(S(C)(=N)=O)ccc1Nc1nc2ccc(-c3ccc(C(=O)NCc4ccc(F)cc4)cc3)cn2n1.